The number of nitrogens with one attached hydrogen (secondary N) is 1. The summed E-state index contributed by atoms with van der Waals surface area (Å²) in [7, 11) is 0. The van der Waals surface area contributed by atoms with Crippen LogP contribution in [0.2, 0.25) is 10.2 Å². The number of halogens is 3. The fraction of sp³-hybridized carbons (Fsp3) is 0.286. The minimum atomic E-state index is 0.457. The van der Waals surface area contributed by atoms with Crippen molar-refractivity contribution in [2.45, 2.75) is 25.7 Å². The molecule has 1 saturated carbocycles. The Kier molecular flexibility index (Phi) is 3.89. The van der Waals surface area contributed by atoms with Gasteiger partial charge in [-0.05, 0) is 53.4 Å². The van der Waals surface area contributed by atoms with Crippen LogP contribution in [0.4, 0.5) is 11.5 Å². The number of benzene rings is 1. The molecule has 1 aromatic carbocycles. The number of rotatable bonds is 3. The van der Waals surface area contributed by atoms with E-state index in [-0.39, 0.29) is 0 Å². The Morgan fingerprint density at radius 3 is 2.65 bits per heavy atom. The van der Waals surface area contributed by atoms with Crippen LogP contribution in [0.5, 0.6) is 0 Å². The lowest BCUT2D eigenvalue weighted by molar-refractivity contribution is 0.930. The van der Waals surface area contributed by atoms with Gasteiger partial charge < -0.3 is 5.32 Å². The maximum atomic E-state index is 6.16. The normalized spacial score (nSPS) is 14.4. The molecule has 3 rings (SSSR count). The van der Waals surface area contributed by atoms with Crippen LogP contribution >= 0.6 is 39.1 Å². The minimum Gasteiger partial charge on any atom is -0.339 e. The summed E-state index contributed by atoms with van der Waals surface area (Å²) >= 11 is 15.7. The molecule has 0 atom stereocenters. The zero-order valence-corrected chi connectivity index (χ0v) is 13.8. The second-order valence-electron chi connectivity index (χ2n) is 4.91. The first kappa shape index (κ1) is 14.1. The zero-order chi connectivity index (χ0) is 14.3. The summed E-state index contributed by atoms with van der Waals surface area (Å²) in [5.74, 6) is 1.96. The fourth-order valence-electron chi connectivity index (χ4n) is 1.90. The van der Waals surface area contributed by atoms with Gasteiger partial charge in [-0.15, -0.1) is 0 Å². The van der Waals surface area contributed by atoms with Gasteiger partial charge in [0, 0.05) is 21.5 Å². The summed E-state index contributed by atoms with van der Waals surface area (Å²) in [6, 6.07) is 5.55. The van der Waals surface area contributed by atoms with E-state index >= 15 is 0 Å². The highest BCUT2D eigenvalue weighted by molar-refractivity contribution is 9.10. The van der Waals surface area contributed by atoms with Crippen molar-refractivity contribution in [3.8, 4) is 0 Å². The van der Waals surface area contributed by atoms with E-state index in [0.717, 1.165) is 34.4 Å². The van der Waals surface area contributed by atoms with Gasteiger partial charge in [0.2, 0.25) is 0 Å². The highest BCUT2D eigenvalue weighted by Gasteiger charge is 2.27. The second-order valence-corrected chi connectivity index (χ2v) is 6.56. The quantitative estimate of drug-likeness (QED) is 0.725. The Labute approximate surface area is 135 Å². The molecule has 1 aromatic heterocycles. The smallest absolute Gasteiger partial charge is 0.135 e. The SMILES string of the molecule is Cc1cc(Br)c(Nc2cc(Cl)nc(C3CC3)n2)cc1Cl. The van der Waals surface area contributed by atoms with Gasteiger partial charge in [-0.1, -0.05) is 23.2 Å². The summed E-state index contributed by atoms with van der Waals surface area (Å²) in [4.78, 5) is 8.78. The Morgan fingerprint density at radius 2 is 1.95 bits per heavy atom. The van der Waals surface area contributed by atoms with Crippen molar-refractivity contribution < 1.29 is 0 Å². The van der Waals surface area contributed by atoms with Crippen molar-refractivity contribution in [3.05, 3.63) is 44.2 Å². The Hall–Kier alpha value is -0.840. The largest absolute Gasteiger partial charge is 0.339 e. The molecule has 0 radical (unpaired) electrons. The van der Waals surface area contributed by atoms with E-state index < -0.39 is 0 Å². The molecular formula is C14H12BrCl2N3. The van der Waals surface area contributed by atoms with Gasteiger partial charge in [0.05, 0.1) is 5.69 Å². The molecular weight excluding hydrogens is 361 g/mol. The maximum absolute atomic E-state index is 6.16. The Bertz CT molecular complexity index is 672. The molecule has 1 aliphatic carbocycles. The number of hydrogen-bond donors (Lipinski definition) is 1. The lowest BCUT2D eigenvalue weighted by atomic mass is 10.2. The third-order valence-corrected chi connectivity index (χ3v) is 4.42. The maximum Gasteiger partial charge on any atom is 0.135 e. The Balaban J connectivity index is 1.92. The van der Waals surface area contributed by atoms with Crippen molar-refractivity contribution in [1.29, 1.82) is 0 Å². The molecule has 0 aliphatic heterocycles. The van der Waals surface area contributed by atoms with Crippen molar-refractivity contribution in [2.24, 2.45) is 0 Å². The average molecular weight is 373 g/mol. The van der Waals surface area contributed by atoms with Crippen LogP contribution in [0.15, 0.2) is 22.7 Å². The van der Waals surface area contributed by atoms with Gasteiger partial charge in [0.25, 0.3) is 0 Å². The fourth-order valence-corrected chi connectivity index (χ4v) is 2.81. The highest BCUT2D eigenvalue weighted by atomic mass is 79.9. The molecule has 20 heavy (non-hydrogen) atoms. The lowest BCUT2D eigenvalue weighted by Gasteiger charge is -2.11. The third-order valence-electron chi connectivity index (χ3n) is 3.17. The third kappa shape index (κ3) is 3.08. The first-order chi connectivity index (χ1) is 9.52. The molecule has 6 heteroatoms. The van der Waals surface area contributed by atoms with Crippen molar-refractivity contribution in [2.75, 3.05) is 5.32 Å². The van der Waals surface area contributed by atoms with Gasteiger partial charge in [0.15, 0.2) is 0 Å². The van der Waals surface area contributed by atoms with Crippen LogP contribution in [-0.4, -0.2) is 9.97 Å². The molecule has 1 N–H and O–H groups in total. The van der Waals surface area contributed by atoms with Gasteiger partial charge in [-0.2, -0.15) is 0 Å². The standard InChI is InChI=1S/C14H12BrCl2N3/c1-7-4-9(15)11(5-10(7)16)18-13-6-12(17)19-14(20-13)8-2-3-8/h4-6,8H,2-3H2,1H3,(H,18,19,20). The number of anilines is 2. The molecule has 1 fully saturated rings. The van der Waals surface area contributed by atoms with E-state index in [9.17, 15) is 0 Å². The number of aryl methyl sites for hydroxylation is 1. The van der Waals surface area contributed by atoms with E-state index in [0.29, 0.717) is 21.9 Å². The number of nitrogens with zero attached hydrogens (tertiary/aromatic N) is 2. The predicted molar refractivity (Wildman–Crippen MR) is 86.2 cm³/mol. The van der Waals surface area contributed by atoms with E-state index in [4.69, 9.17) is 23.2 Å². The molecule has 0 bridgehead atoms. The molecule has 0 saturated heterocycles. The average Bonchev–Trinajstić information content (AvgIpc) is 3.19. The highest BCUT2D eigenvalue weighted by Crippen LogP contribution is 2.39. The van der Waals surface area contributed by atoms with Gasteiger partial charge in [0.1, 0.15) is 16.8 Å². The van der Waals surface area contributed by atoms with Crippen LogP contribution in [-0.2, 0) is 0 Å². The van der Waals surface area contributed by atoms with E-state index in [1.807, 2.05) is 19.1 Å². The minimum absolute atomic E-state index is 0.457. The molecule has 0 unspecified atom stereocenters. The first-order valence-corrected chi connectivity index (χ1v) is 7.85. The van der Waals surface area contributed by atoms with Crippen LogP contribution in [0.25, 0.3) is 0 Å². The molecule has 104 valence electrons. The summed E-state index contributed by atoms with van der Waals surface area (Å²) in [6.07, 6.45) is 2.28. The van der Waals surface area contributed by atoms with E-state index in [1.165, 1.54) is 0 Å². The summed E-state index contributed by atoms with van der Waals surface area (Å²) in [5, 5.41) is 4.40. The molecule has 0 amide bonds. The molecule has 3 nitrogen and oxygen atoms in total. The molecule has 1 heterocycles. The van der Waals surface area contributed by atoms with E-state index in [2.05, 4.69) is 31.2 Å². The lowest BCUT2D eigenvalue weighted by Crippen LogP contribution is -2.00. The van der Waals surface area contributed by atoms with Crippen molar-refractivity contribution in [1.82, 2.24) is 9.97 Å². The topological polar surface area (TPSA) is 37.8 Å². The zero-order valence-electron chi connectivity index (χ0n) is 10.8. The van der Waals surface area contributed by atoms with Crippen molar-refractivity contribution in [3.63, 3.8) is 0 Å². The number of hydrogen-bond acceptors (Lipinski definition) is 3. The first-order valence-electron chi connectivity index (χ1n) is 6.30. The van der Waals surface area contributed by atoms with Crippen LogP contribution in [0, 0.1) is 6.92 Å². The summed E-state index contributed by atoms with van der Waals surface area (Å²) < 4.78 is 0.933. The molecule has 1 aliphatic rings. The van der Waals surface area contributed by atoms with Crippen LogP contribution in [0.3, 0.4) is 0 Å². The van der Waals surface area contributed by atoms with Gasteiger partial charge in [-0.25, -0.2) is 9.97 Å². The van der Waals surface area contributed by atoms with Gasteiger partial charge in [-0.3, -0.25) is 0 Å². The van der Waals surface area contributed by atoms with Crippen LogP contribution < -0.4 is 5.32 Å². The second kappa shape index (κ2) is 5.51. The van der Waals surface area contributed by atoms with Gasteiger partial charge >= 0.3 is 0 Å². The van der Waals surface area contributed by atoms with Crippen molar-refractivity contribution >= 4 is 50.6 Å². The predicted octanol–water partition coefficient (Wildman–Crippen LogP) is 5.48. The van der Waals surface area contributed by atoms with Crippen LogP contribution in [0.1, 0.15) is 30.1 Å². The monoisotopic (exact) mass is 371 g/mol. The Morgan fingerprint density at radius 1 is 1.20 bits per heavy atom. The van der Waals surface area contributed by atoms with E-state index in [1.54, 1.807) is 6.07 Å². The molecule has 2 aromatic rings. The summed E-state index contributed by atoms with van der Waals surface area (Å²) in [6.45, 7) is 1.96. The summed E-state index contributed by atoms with van der Waals surface area (Å²) in [5.41, 5.74) is 1.88. The molecule has 0 spiro atoms. The number of aromatic nitrogens is 2.